The van der Waals surface area contributed by atoms with Crippen molar-refractivity contribution in [1.82, 2.24) is 19.7 Å². The van der Waals surface area contributed by atoms with Crippen molar-refractivity contribution in [3.63, 3.8) is 0 Å². The van der Waals surface area contributed by atoms with Gasteiger partial charge in [0.15, 0.2) is 5.82 Å². The average molecular weight is 267 g/mol. The first kappa shape index (κ1) is 10.3. The van der Waals surface area contributed by atoms with E-state index < -0.39 is 0 Å². The monoisotopic (exact) mass is 266 g/mol. The van der Waals surface area contributed by atoms with Gasteiger partial charge in [0.2, 0.25) is 0 Å². The zero-order valence-corrected chi connectivity index (χ0v) is 10.1. The van der Waals surface area contributed by atoms with Gasteiger partial charge < -0.3 is 0 Å². The summed E-state index contributed by atoms with van der Waals surface area (Å²) in [6.45, 7) is 4.13. The topological polar surface area (TPSA) is 43.6 Å². The fraction of sp³-hybridized carbons (Fsp3) is 0.300. The van der Waals surface area contributed by atoms with Gasteiger partial charge in [0.05, 0.1) is 0 Å². The van der Waals surface area contributed by atoms with E-state index in [1.807, 2.05) is 18.3 Å². The molecule has 0 aliphatic carbocycles. The van der Waals surface area contributed by atoms with Crippen molar-refractivity contribution in [3.8, 4) is 5.82 Å². The molecule has 15 heavy (non-hydrogen) atoms. The lowest BCUT2D eigenvalue weighted by Gasteiger charge is -2.07. The van der Waals surface area contributed by atoms with Gasteiger partial charge in [0, 0.05) is 24.4 Å². The average Bonchev–Trinajstić information content (AvgIpc) is 2.69. The lowest BCUT2D eigenvalue weighted by atomic mass is 10.2. The summed E-state index contributed by atoms with van der Waals surface area (Å²) < 4.78 is 2.50. The Kier molecular flexibility index (Phi) is 2.81. The Hall–Kier alpha value is -1.23. The molecule has 2 rings (SSSR count). The van der Waals surface area contributed by atoms with Crippen molar-refractivity contribution in [2.24, 2.45) is 0 Å². The Morgan fingerprint density at radius 1 is 1.33 bits per heavy atom. The molecule has 5 heteroatoms. The Balaban J connectivity index is 2.49. The number of hydrogen-bond donors (Lipinski definition) is 0. The molecule has 0 aliphatic rings. The normalized spacial score (nSPS) is 10.9. The van der Waals surface area contributed by atoms with Crippen LogP contribution >= 0.6 is 15.9 Å². The largest absolute Gasteiger partial charge is 0.226 e. The Bertz CT molecular complexity index is 450. The van der Waals surface area contributed by atoms with E-state index in [1.54, 1.807) is 10.9 Å². The van der Waals surface area contributed by atoms with E-state index in [-0.39, 0.29) is 0 Å². The van der Waals surface area contributed by atoms with E-state index in [0.29, 0.717) is 5.92 Å². The van der Waals surface area contributed by atoms with E-state index in [4.69, 9.17) is 0 Å². The van der Waals surface area contributed by atoms with Gasteiger partial charge in [-0.1, -0.05) is 13.8 Å². The molecule has 0 unspecified atom stereocenters. The van der Waals surface area contributed by atoms with Crippen LogP contribution < -0.4 is 0 Å². The first-order valence-electron chi connectivity index (χ1n) is 4.71. The van der Waals surface area contributed by atoms with Crippen LogP contribution in [-0.4, -0.2) is 19.7 Å². The lowest BCUT2D eigenvalue weighted by Crippen LogP contribution is -2.04. The summed E-state index contributed by atoms with van der Waals surface area (Å²) in [7, 11) is 0. The summed E-state index contributed by atoms with van der Waals surface area (Å²) in [5, 5.41) is 4.13. The predicted octanol–water partition coefficient (Wildman–Crippen LogP) is 2.55. The maximum atomic E-state index is 4.43. The van der Waals surface area contributed by atoms with Crippen molar-refractivity contribution in [2.75, 3.05) is 0 Å². The second-order valence-electron chi connectivity index (χ2n) is 3.51. The van der Waals surface area contributed by atoms with Crippen LogP contribution in [-0.2, 0) is 0 Å². The maximum absolute atomic E-state index is 4.43. The first-order chi connectivity index (χ1) is 7.16. The molecule has 0 aliphatic heterocycles. The molecule has 0 radical (unpaired) electrons. The number of rotatable bonds is 2. The zero-order valence-electron chi connectivity index (χ0n) is 8.55. The summed E-state index contributed by atoms with van der Waals surface area (Å²) in [4.78, 5) is 8.74. The molecular weight excluding hydrogens is 256 g/mol. The summed E-state index contributed by atoms with van der Waals surface area (Å²) >= 11 is 3.37. The van der Waals surface area contributed by atoms with Crippen LogP contribution in [0.4, 0.5) is 0 Å². The summed E-state index contributed by atoms with van der Waals surface area (Å²) in [6, 6.07) is 3.71. The third-order valence-electron chi connectivity index (χ3n) is 1.95. The zero-order chi connectivity index (χ0) is 10.8. The van der Waals surface area contributed by atoms with Gasteiger partial charge in [-0.25, -0.2) is 14.6 Å². The highest BCUT2D eigenvalue weighted by atomic mass is 79.9. The van der Waals surface area contributed by atoms with Gasteiger partial charge in [-0.3, -0.25) is 0 Å². The molecule has 78 valence electrons. The van der Waals surface area contributed by atoms with Gasteiger partial charge in [-0.15, -0.1) is 0 Å². The molecule has 2 heterocycles. The van der Waals surface area contributed by atoms with Crippen LogP contribution in [0.5, 0.6) is 0 Å². The van der Waals surface area contributed by atoms with Gasteiger partial charge in [-0.2, -0.15) is 5.10 Å². The molecule has 0 fully saturated rings. The fourth-order valence-corrected chi connectivity index (χ4v) is 1.59. The standard InChI is InChI=1S/C10H11BrN4/c1-7(2)10-13-8(11)6-9(14-10)15-5-3-4-12-15/h3-7H,1-2H3. The Labute approximate surface area is 96.5 Å². The van der Waals surface area contributed by atoms with Crippen molar-refractivity contribution in [1.29, 1.82) is 0 Å². The smallest absolute Gasteiger partial charge is 0.158 e. The predicted molar refractivity (Wildman–Crippen MR) is 60.9 cm³/mol. The quantitative estimate of drug-likeness (QED) is 0.785. The molecule has 0 N–H and O–H groups in total. The van der Waals surface area contributed by atoms with Crippen LogP contribution in [0.25, 0.3) is 5.82 Å². The van der Waals surface area contributed by atoms with Crippen LogP contribution in [0.1, 0.15) is 25.6 Å². The van der Waals surface area contributed by atoms with Gasteiger partial charge in [-0.05, 0) is 22.0 Å². The fourth-order valence-electron chi connectivity index (χ4n) is 1.20. The molecule has 0 bridgehead atoms. The molecule has 0 amide bonds. The van der Waals surface area contributed by atoms with Crippen molar-refractivity contribution in [2.45, 2.75) is 19.8 Å². The van der Waals surface area contributed by atoms with Crippen LogP contribution in [0.2, 0.25) is 0 Å². The summed E-state index contributed by atoms with van der Waals surface area (Å²) in [6.07, 6.45) is 3.59. The number of aromatic nitrogens is 4. The molecule has 0 atom stereocenters. The van der Waals surface area contributed by atoms with E-state index in [2.05, 4.69) is 44.8 Å². The van der Waals surface area contributed by atoms with Crippen molar-refractivity contribution < 1.29 is 0 Å². The highest BCUT2D eigenvalue weighted by Crippen LogP contribution is 2.16. The number of halogens is 1. The maximum Gasteiger partial charge on any atom is 0.158 e. The number of hydrogen-bond acceptors (Lipinski definition) is 3. The molecule has 0 spiro atoms. The Morgan fingerprint density at radius 3 is 2.73 bits per heavy atom. The Morgan fingerprint density at radius 2 is 2.13 bits per heavy atom. The molecule has 4 nitrogen and oxygen atoms in total. The minimum atomic E-state index is 0.303. The minimum absolute atomic E-state index is 0.303. The number of nitrogens with zero attached hydrogens (tertiary/aromatic N) is 4. The molecular formula is C10H11BrN4. The second-order valence-corrected chi connectivity index (χ2v) is 4.32. The van der Waals surface area contributed by atoms with Gasteiger partial charge >= 0.3 is 0 Å². The molecule has 0 aromatic carbocycles. The van der Waals surface area contributed by atoms with E-state index in [9.17, 15) is 0 Å². The minimum Gasteiger partial charge on any atom is -0.226 e. The molecule has 0 saturated carbocycles. The van der Waals surface area contributed by atoms with E-state index in [1.165, 1.54) is 0 Å². The molecule has 2 aromatic heterocycles. The molecule has 2 aromatic rings. The van der Waals surface area contributed by atoms with Crippen LogP contribution in [0.15, 0.2) is 29.1 Å². The van der Waals surface area contributed by atoms with Crippen molar-refractivity contribution >= 4 is 15.9 Å². The van der Waals surface area contributed by atoms with Gasteiger partial charge in [0.1, 0.15) is 10.4 Å². The summed E-state index contributed by atoms with van der Waals surface area (Å²) in [5.41, 5.74) is 0. The third-order valence-corrected chi connectivity index (χ3v) is 2.36. The highest BCUT2D eigenvalue weighted by Gasteiger charge is 2.07. The third kappa shape index (κ3) is 2.23. The van der Waals surface area contributed by atoms with Crippen LogP contribution in [0.3, 0.4) is 0 Å². The molecule has 0 saturated heterocycles. The van der Waals surface area contributed by atoms with Crippen molar-refractivity contribution in [3.05, 3.63) is 35.0 Å². The second kappa shape index (κ2) is 4.10. The van der Waals surface area contributed by atoms with E-state index in [0.717, 1.165) is 16.2 Å². The van der Waals surface area contributed by atoms with Gasteiger partial charge in [0.25, 0.3) is 0 Å². The SMILES string of the molecule is CC(C)c1nc(Br)cc(-n2cccn2)n1. The highest BCUT2D eigenvalue weighted by molar-refractivity contribution is 9.10. The summed E-state index contributed by atoms with van der Waals surface area (Å²) in [5.74, 6) is 1.90. The van der Waals surface area contributed by atoms with Crippen LogP contribution in [0, 0.1) is 0 Å². The van der Waals surface area contributed by atoms with E-state index >= 15 is 0 Å². The lowest BCUT2D eigenvalue weighted by molar-refractivity contribution is 0.740. The first-order valence-corrected chi connectivity index (χ1v) is 5.50.